The van der Waals surface area contributed by atoms with Crippen LogP contribution in [0.3, 0.4) is 0 Å². The lowest BCUT2D eigenvalue weighted by Crippen LogP contribution is -2.26. The molecule has 0 bridgehead atoms. The van der Waals surface area contributed by atoms with E-state index in [1.807, 2.05) is 61.5 Å². The molecular weight excluding hydrogens is 222 g/mol. The number of aryl methyl sites for hydroxylation is 1. The molecule has 0 saturated carbocycles. The van der Waals surface area contributed by atoms with Crippen molar-refractivity contribution < 1.29 is 5.11 Å². The third kappa shape index (κ3) is 2.27. The van der Waals surface area contributed by atoms with Gasteiger partial charge in [0.25, 0.3) is 0 Å². The van der Waals surface area contributed by atoms with Gasteiger partial charge in [0.1, 0.15) is 5.60 Å². The van der Waals surface area contributed by atoms with Crippen LogP contribution in [0.25, 0.3) is 0 Å². The monoisotopic (exact) mass is 237 g/mol. The maximum atomic E-state index is 10.9. The fourth-order valence-corrected chi connectivity index (χ4v) is 2.10. The number of nitriles is 1. The van der Waals surface area contributed by atoms with E-state index in [2.05, 4.69) is 6.07 Å². The minimum Gasteiger partial charge on any atom is -0.379 e. The minimum absolute atomic E-state index is 0.0421. The molecule has 0 aliphatic carbocycles. The Morgan fingerprint density at radius 2 is 1.72 bits per heavy atom. The molecule has 0 unspecified atom stereocenters. The van der Waals surface area contributed by atoms with Crippen molar-refractivity contribution in [1.29, 1.82) is 5.26 Å². The van der Waals surface area contributed by atoms with Gasteiger partial charge in [-0.25, -0.2) is 0 Å². The number of hydrogen-bond acceptors (Lipinski definition) is 2. The highest BCUT2D eigenvalue weighted by atomic mass is 16.3. The summed E-state index contributed by atoms with van der Waals surface area (Å²) in [5.74, 6) is 0. The molecular formula is C16H15NO. The summed E-state index contributed by atoms with van der Waals surface area (Å²) in [5, 5.41) is 19.8. The van der Waals surface area contributed by atoms with Gasteiger partial charge in [-0.1, -0.05) is 60.2 Å². The van der Waals surface area contributed by atoms with Gasteiger partial charge in [-0.3, -0.25) is 0 Å². The third-order valence-electron chi connectivity index (χ3n) is 3.08. The molecule has 0 aromatic heterocycles. The topological polar surface area (TPSA) is 44.0 Å². The summed E-state index contributed by atoms with van der Waals surface area (Å²) in [7, 11) is 0. The number of nitrogens with zero attached hydrogens (tertiary/aromatic N) is 1. The summed E-state index contributed by atoms with van der Waals surface area (Å²) in [6.07, 6.45) is 0.0421. The fraction of sp³-hybridized carbons (Fsp3) is 0.188. The van der Waals surface area contributed by atoms with E-state index in [1.54, 1.807) is 0 Å². The van der Waals surface area contributed by atoms with Crippen LogP contribution < -0.4 is 0 Å². The molecule has 1 atom stereocenters. The first-order valence-electron chi connectivity index (χ1n) is 5.89. The summed E-state index contributed by atoms with van der Waals surface area (Å²) in [4.78, 5) is 0. The Balaban J connectivity index is 2.55. The Hall–Kier alpha value is -2.11. The number of rotatable bonds is 3. The summed E-state index contributed by atoms with van der Waals surface area (Å²) >= 11 is 0. The second-order valence-corrected chi connectivity index (χ2v) is 4.43. The van der Waals surface area contributed by atoms with Crippen molar-refractivity contribution in [3.05, 3.63) is 71.3 Å². The number of benzene rings is 2. The van der Waals surface area contributed by atoms with Crippen molar-refractivity contribution in [2.75, 3.05) is 0 Å². The van der Waals surface area contributed by atoms with Crippen LogP contribution in [-0.4, -0.2) is 5.11 Å². The Morgan fingerprint density at radius 1 is 1.06 bits per heavy atom. The van der Waals surface area contributed by atoms with Crippen LogP contribution in [0.5, 0.6) is 0 Å². The highest BCUT2D eigenvalue weighted by Crippen LogP contribution is 2.32. The summed E-state index contributed by atoms with van der Waals surface area (Å²) in [5.41, 5.74) is 1.34. The Kier molecular flexibility index (Phi) is 3.45. The van der Waals surface area contributed by atoms with E-state index in [1.165, 1.54) is 0 Å². The quantitative estimate of drug-likeness (QED) is 0.891. The van der Waals surface area contributed by atoms with Crippen LogP contribution >= 0.6 is 0 Å². The van der Waals surface area contributed by atoms with Crippen LogP contribution in [0.15, 0.2) is 54.6 Å². The van der Waals surface area contributed by atoms with Gasteiger partial charge in [0.2, 0.25) is 0 Å². The maximum absolute atomic E-state index is 10.9. The standard InChI is InChI=1S/C16H15NO/c1-13-6-5-9-15(12-13)16(18,10-11-17)14-7-3-2-4-8-14/h2-9,12,18H,10H2,1H3/t16-/m1/s1. The zero-order valence-corrected chi connectivity index (χ0v) is 10.3. The molecule has 0 aliphatic heterocycles. The van der Waals surface area contributed by atoms with Crippen LogP contribution in [0.1, 0.15) is 23.1 Å². The first-order chi connectivity index (χ1) is 8.66. The van der Waals surface area contributed by atoms with Crippen LogP contribution in [-0.2, 0) is 5.60 Å². The van der Waals surface area contributed by atoms with Gasteiger partial charge < -0.3 is 5.11 Å². The average Bonchev–Trinajstić information content (AvgIpc) is 2.40. The van der Waals surface area contributed by atoms with E-state index in [-0.39, 0.29) is 6.42 Å². The zero-order valence-electron chi connectivity index (χ0n) is 10.3. The predicted octanol–water partition coefficient (Wildman–Crippen LogP) is 3.14. The van der Waals surface area contributed by atoms with Crippen molar-refractivity contribution in [1.82, 2.24) is 0 Å². The van der Waals surface area contributed by atoms with Gasteiger partial charge in [-0.2, -0.15) is 5.26 Å². The SMILES string of the molecule is Cc1cccc([C@@](O)(CC#N)c2ccccc2)c1. The lowest BCUT2D eigenvalue weighted by Gasteiger charge is -2.27. The van der Waals surface area contributed by atoms with E-state index in [0.717, 1.165) is 16.7 Å². The van der Waals surface area contributed by atoms with Crippen molar-refractivity contribution in [3.8, 4) is 6.07 Å². The molecule has 2 aromatic carbocycles. The molecule has 0 heterocycles. The molecule has 2 heteroatoms. The van der Waals surface area contributed by atoms with Crippen molar-refractivity contribution >= 4 is 0 Å². The third-order valence-corrected chi connectivity index (χ3v) is 3.08. The fourth-order valence-electron chi connectivity index (χ4n) is 2.10. The molecule has 0 radical (unpaired) electrons. The van der Waals surface area contributed by atoms with E-state index >= 15 is 0 Å². The van der Waals surface area contributed by atoms with Crippen LogP contribution in [0, 0.1) is 18.3 Å². The van der Waals surface area contributed by atoms with Crippen molar-refractivity contribution in [2.24, 2.45) is 0 Å². The molecule has 2 nitrogen and oxygen atoms in total. The molecule has 2 rings (SSSR count). The minimum atomic E-state index is -1.23. The van der Waals surface area contributed by atoms with E-state index in [0.29, 0.717) is 0 Å². The van der Waals surface area contributed by atoms with E-state index < -0.39 is 5.60 Å². The summed E-state index contributed by atoms with van der Waals surface area (Å²) in [6.45, 7) is 1.97. The molecule has 0 saturated heterocycles. The first kappa shape index (κ1) is 12.3. The van der Waals surface area contributed by atoms with Crippen LogP contribution in [0.2, 0.25) is 0 Å². The van der Waals surface area contributed by atoms with E-state index in [9.17, 15) is 5.11 Å². The molecule has 1 N–H and O–H groups in total. The zero-order chi connectivity index (χ0) is 13.0. The maximum Gasteiger partial charge on any atom is 0.128 e. The molecule has 0 spiro atoms. The molecule has 2 aromatic rings. The number of aliphatic hydroxyl groups is 1. The highest BCUT2D eigenvalue weighted by Gasteiger charge is 2.31. The van der Waals surface area contributed by atoms with Gasteiger partial charge in [-0.05, 0) is 18.1 Å². The van der Waals surface area contributed by atoms with Crippen LogP contribution in [0.4, 0.5) is 0 Å². The largest absolute Gasteiger partial charge is 0.379 e. The Morgan fingerprint density at radius 3 is 2.33 bits per heavy atom. The molecule has 0 amide bonds. The molecule has 18 heavy (non-hydrogen) atoms. The van der Waals surface area contributed by atoms with Gasteiger partial charge >= 0.3 is 0 Å². The predicted molar refractivity (Wildman–Crippen MR) is 70.8 cm³/mol. The van der Waals surface area contributed by atoms with Crippen molar-refractivity contribution in [3.63, 3.8) is 0 Å². The molecule has 0 aliphatic rings. The summed E-state index contributed by atoms with van der Waals surface area (Å²) in [6, 6.07) is 19.1. The average molecular weight is 237 g/mol. The smallest absolute Gasteiger partial charge is 0.128 e. The summed E-state index contributed by atoms with van der Waals surface area (Å²) < 4.78 is 0. The second-order valence-electron chi connectivity index (χ2n) is 4.43. The molecule has 0 fully saturated rings. The number of hydrogen-bond donors (Lipinski definition) is 1. The second kappa shape index (κ2) is 5.03. The normalized spacial score (nSPS) is 13.6. The van der Waals surface area contributed by atoms with E-state index in [4.69, 9.17) is 5.26 Å². The lowest BCUT2D eigenvalue weighted by molar-refractivity contribution is 0.0859. The highest BCUT2D eigenvalue weighted by molar-refractivity contribution is 5.38. The molecule has 90 valence electrons. The first-order valence-corrected chi connectivity index (χ1v) is 5.89. The Bertz CT molecular complexity index is 571. The Labute approximate surface area is 107 Å². The van der Waals surface area contributed by atoms with Gasteiger partial charge in [0.05, 0.1) is 12.5 Å². The van der Waals surface area contributed by atoms with Gasteiger partial charge in [0.15, 0.2) is 0 Å². The van der Waals surface area contributed by atoms with Gasteiger partial charge in [0, 0.05) is 0 Å². The van der Waals surface area contributed by atoms with Gasteiger partial charge in [-0.15, -0.1) is 0 Å². The lowest BCUT2D eigenvalue weighted by atomic mass is 9.83. The van der Waals surface area contributed by atoms with Crippen molar-refractivity contribution in [2.45, 2.75) is 18.9 Å².